The van der Waals surface area contributed by atoms with E-state index in [1.165, 1.54) is 30.6 Å². The minimum absolute atomic E-state index is 0.317. The van der Waals surface area contributed by atoms with Gasteiger partial charge in [0.25, 0.3) is 0 Å². The lowest BCUT2D eigenvalue weighted by molar-refractivity contribution is 0.474. The summed E-state index contributed by atoms with van der Waals surface area (Å²) in [5.41, 5.74) is 2.20. The molecule has 1 aliphatic carbocycles. The first-order valence-electron chi connectivity index (χ1n) is 7.58. The number of benzene rings is 2. The molecule has 0 atom stereocenters. The van der Waals surface area contributed by atoms with Crippen molar-refractivity contribution in [1.82, 2.24) is 0 Å². The lowest BCUT2D eigenvalue weighted by atomic mass is 10.2. The topological polar surface area (TPSA) is 32.3 Å². The smallest absolute Gasteiger partial charge is 0.115 e. The van der Waals surface area contributed by atoms with E-state index in [1.807, 2.05) is 23.9 Å². The van der Waals surface area contributed by atoms with Crippen molar-refractivity contribution >= 4 is 17.4 Å². The molecule has 1 saturated carbocycles. The number of anilines is 1. The summed E-state index contributed by atoms with van der Waals surface area (Å²) in [4.78, 5) is 1.37. The third-order valence-corrected chi connectivity index (χ3v) is 5.22. The van der Waals surface area contributed by atoms with E-state index in [9.17, 15) is 5.11 Å². The summed E-state index contributed by atoms with van der Waals surface area (Å²) >= 11 is 2.02. The van der Waals surface area contributed by atoms with Gasteiger partial charge in [-0.05, 0) is 54.8 Å². The van der Waals surface area contributed by atoms with Crippen LogP contribution in [0.1, 0.15) is 31.2 Å². The Bertz CT molecular complexity index is 576. The Morgan fingerprint density at radius 1 is 1.05 bits per heavy atom. The standard InChI is InChI=1S/C18H21NOS/c20-16-5-3-4-14(12-16)13-19-15-8-10-18(11-9-15)21-17-6-1-2-7-17/h3-5,8-12,17,19-20H,1-2,6-7,13H2. The number of aromatic hydroxyl groups is 1. The Morgan fingerprint density at radius 2 is 1.81 bits per heavy atom. The third kappa shape index (κ3) is 4.18. The summed E-state index contributed by atoms with van der Waals surface area (Å²) in [5, 5.41) is 13.7. The molecule has 0 heterocycles. The molecular formula is C18H21NOS. The Kier molecular flexibility index (Phi) is 4.71. The predicted molar refractivity (Wildman–Crippen MR) is 90.0 cm³/mol. The van der Waals surface area contributed by atoms with Gasteiger partial charge in [0, 0.05) is 22.4 Å². The average Bonchev–Trinajstić information content (AvgIpc) is 3.00. The fourth-order valence-corrected chi connectivity index (χ4v) is 3.97. The molecular weight excluding hydrogens is 278 g/mol. The van der Waals surface area contributed by atoms with Gasteiger partial charge in [0.05, 0.1) is 0 Å². The van der Waals surface area contributed by atoms with Crippen LogP contribution in [-0.2, 0) is 6.54 Å². The van der Waals surface area contributed by atoms with E-state index in [0.717, 1.165) is 23.0 Å². The molecule has 0 spiro atoms. The van der Waals surface area contributed by atoms with Crippen molar-refractivity contribution in [3.8, 4) is 5.75 Å². The van der Waals surface area contributed by atoms with Gasteiger partial charge in [-0.15, -0.1) is 11.8 Å². The van der Waals surface area contributed by atoms with Crippen LogP contribution in [0.3, 0.4) is 0 Å². The molecule has 2 N–H and O–H groups in total. The van der Waals surface area contributed by atoms with Gasteiger partial charge in [-0.1, -0.05) is 25.0 Å². The second-order valence-corrected chi connectivity index (χ2v) is 6.95. The molecule has 0 amide bonds. The molecule has 0 bridgehead atoms. The first-order chi connectivity index (χ1) is 10.3. The van der Waals surface area contributed by atoms with E-state index in [2.05, 4.69) is 29.6 Å². The highest BCUT2D eigenvalue weighted by Crippen LogP contribution is 2.34. The summed E-state index contributed by atoms with van der Waals surface area (Å²) in [6.45, 7) is 0.726. The summed E-state index contributed by atoms with van der Waals surface area (Å²) in [6, 6.07) is 16.0. The summed E-state index contributed by atoms with van der Waals surface area (Å²) < 4.78 is 0. The van der Waals surface area contributed by atoms with Gasteiger partial charge >= 0.3 is 0 Å². The van der Waals surface area contributed by atoms with E-state index in [-0.39, 0.29) is 0 Å². The van der Waals surface area contributed by atoms with E-state index in [1.54, 1.807) is 12.1 Å². The zero-order chi connectivity index (χ0) is 14.5. The van der Waals surface area contributed by atoms with Crippen LogP contribution in [0.4, 0.5) is 5.69 Å². The number of phenols is 1. The van der Waals surface area contributed by atoms with Crippen LogP contribution >= 0.6 is 11.8 Å². The zero-order valence-electron chi connectivity index (χ0n) is 12.1. The Hall–Kier alpha value is -1.61. The van der Waals surface area contributed by atoms with Crippen LogP contribution in [-0.4, -0.2) is 10.4 Å². The van der Waals surface area contributed by atoms with Crippen LogP contribution in [0.5, 0.6) is 5.75 Å². The monoisotopic (exact) mass is 299 g/mol. The normalized spacial score (nSPS) is 15.2. The molecule has 2 aromatic carbocycles. The van der Waals surface area contributed by atoms with Crippen molar-refractivity contribution in [2.45, 2.75) is 42.4 Å². The first-order valence-corrected chi connectivity index (χ1v) is 8.46. The third-order valence-electron chi connectivity index (χ3n) is 3.87. The fourth-order valence-electron chi connectivity index (χ4n) is 2.72. The SMILES string of the molecule is Oc1cccc(CNc2ccc(SC3CCCC3)cc2)c1. The quantitative estimate of drug-likeness (QED) is 0.811. The molecule has 1 aliphatic rings. The summed E-state index contributed by atoms with van der Waals surface area (Å²) in [7, 11) is 0. The fraction of sp³-hybridized carbons (Fsp3) is 0.333. The largest absolute Gasteiger partial charge is 0.508 e. The molecule has 3 heteroatoms. The Morgan fingerprint density at radius 3 is 2.52 bits per heavy atom. The lowest BCUT2D eigenvalue weighted by Crippen LogP contribution is -1.99. The molecule has 2 aromatic rings. The van der Waals surface area contributed by atoms with Crippen molar-refractivity contribution in [1.29, 1.82) is 0 Å². The minimum Gasteiger partial charge on any atom is -0.508 e. The van der Waals surface area contributed by atoms with Crippen molar-refractivity contribution in [3.63, 3.8) is 0 Å². The van der Waals surface area contributed by atoms with Crippen LogP contribution in [0.25, 0.3) is 0 Å². The van der Waals surface area contributed by atoms with E-state index in [4.69, 9.17) is 0 Å². The van der Waals surface area contributed by atoms with Gasteiger partial charge in [0.15, 0.2) is 0 Å². The molecule has 3 rings (SSSR count). The molecule has 1 fully saturated rings. The summed E-state index contributed by atoms with van der Waals surface area (Å²) in [6.07, 6.45) is 5.51. The molecule has 0 radical (unpaired) electrons. The Balaban J connectivity index is 1.54. The van der Waals surface area contributed by atoms with E-state index >= 15 is 0 Å². The first kappa shape index (κ1) is 14.3. The molecule has 0 aliphatic heterocycles. The van der Waals surface area contributed by atoms with Crippen LogP contribution in [0, 0.1) is 0 Å². The number of nitrogens with one attached hydrogen (secondary N) is 1. The van der Waals surface area contributed by atoms with Gasteiger partial charge in [-0.2, -0.15) is 0 Å². The van der Waals surface area contributed by atoms with E-state index < -0.39 is 0 Å². The highest BCUT2D eigenvalue weighted by molar-refractivity contribution is 8.00. The number of rotatable bonds is 5. The van der Waals surface area contributed by atoms with Crippen molar-refractivity contribution in [2.24, 2.45) is 0 Å². The van der Waals surface area contributed by atoms with Crippen LogP contribution < -0.4 is 5.32 Å². The molecule has 110 valence electrons. The predicted octanol–water partition coefficient (Wildman–Crippen LogP) is 5.04. The zero-order valence-corrected chi connectivity index (χ0v) is 12.9. The number of phenolic OH excluding ortho intramolecular Hbond substituents is 1. The highest BCUT2D eigenvalue weighted by atomic mass is 32.2. The average molecular weight is 299 g/mol. The van der Waals surface area contributed by atoms with Gasteiger partial charge in [0.2, 0.25) is 0 Å². The number of hydrogen-bond acceptors (Lipinski definition) is 3. The molecule has 0 aromatic heterocycles. The number of thioether (sulfide) groups is 1. The van der Waals surface area contributed by atoms with Crippen LogP contribution in [0.2, 0.25) is 0 Å². The second-order valence-electron chi connectivity index (χ2n) is 5.57. The lowest BCUT2D eigenvalue weighted by Gasteiger charge is -2.10. The maximum Gasteiger partial charge on any atom is 0.115 e. The van der Waals surface area contributed by atoms with E-state index in [0.29, 0.717) is 5.75 Å². The van der Waals surface area contributed by atoms with Gasteiger partial charge in [-0.25, -0.2) is 0 Å². The van der Waals surface area contributed by atoms with Crippen LogP contribution in [0.15, 0.2) is 53.4 Å². The van der Waals surface area contributed by atoms with Gasteiger partial charge in [-0.3, -0.25) is 0 Å². The maximum absolute atomic E-state index is 9.45. The van der Waals surface area contributed by atoms with Gasteiger partial charge in [0.1, 0.15) is 5.75 Å². The highest BCUT2D eigenvalue weighted by Gasteiger charge is 2.15. The second kappa shape index (κ2) is 6.90. The molecule has 21 heavy (non-hydrogen) atoms. The number of hydrogen-bond donors (Lipinski definition) is 2. The molecule has 2 nitrogen and oxygen atoms in total. The minimum atomic E-state index is 0.317. The van der Waals surface area contributed by atoms with Gasteiger partial charge < -0.3 is 10.4 Å². The van der Waals surface area contributed by atoms with Crippen molar-refractivity contribution in [3.05, 3.63) is 54.1 Å². The maximum atomic E-state index is 9.45. The van der Waals surface area contributed by atoms with Crippen molar-refractivity contribution < 1.29 is 5.11 Å². The molecule has 0 saturated heterocycles. The molecule has 0 unspecified atom stereocenters. The summed E-state index contributed by atoms with van der Waals surface area (Å²) in [5.74, 6) is 0.317. The van der Waals surface area contributed by atoms with Crippen molar-refractivity contribution in [2.75, 3.05) is 5.32 Å². The Labute approximate surface area is 130 Å².